The zero-order valence-electron chi connectivity index (χ0n) is 32.5. The highest BCUT2D eigenvalue weighted by Gasteiger charge is 2.78. The van der Waals surface area contributed by atoms with E-state index >= 15 is 4.79 Å². The minimum atomic E-state index is -2.35. The zero-order chi connectivity index (χ0) is 41.1. The molecule has 1 amide bonds. The van der Waals surface area contributed by atoms with Gasteiger partial charge in [-0.1, -0.05) is 32.0 Å². The molecule has 1 aromatic carbocycles. The van der Waals surface area contributed by atoms with E-state index in [1.54, 1.807) is 52.8 Å². The molecule has 2 saturated carbocycles. The van der Waals surface area contributed by atoms with Crippen LogP contribution >= 0.6 is 0 Å². The van der Waals surface area contributed by atoms with Gasteiger partial charge < -0.3 is 49.1 Å². The number of ketones is 1. The molecule has 302 valence electrons. The summed E-state index contributed by atoms with van der Waals surface area (Å²) in [7, 11) is 0. The van der Waals surface area contributed by atoms with Crippen LogP contribution in [0, 0.1) is 16.7 Å². The Bertz CT molecular complexity index is 1770. The maximum atomic E-state index is 15.3. The van der Waals surface area contributed by atoms with Crippen molar-refractivity contribution in [3.63, 3.8) is 0 Å². The number of hydrogen-bond acceptors (Lipinski definition) is 15. The van der Waals surface area contributed by atoms with Crippen LogP contribution in [0.25, 0.3) is 0 Å². The van der Waals surface area contributed by atoms with Crippen molar-refractivity contribution in [1.82, 2.24) is 5.32 Å². The minimum Gasteiger partial charge on any atom is -0.456 e. The first-order chi connectivity index (χ1) is 25.4. The van der Waals surface area contributed by atoms with Gasteiger partial charge in [0.1, 0.15) is 29.5 Å². The van der Waals surface area contributed by atoms with Gasteiger partial charge >= 0.3 is 30.0 Å². The lowest BCUT2D eigenvalue weighted by Gasteiger charge is -2.67. The van der Waals surface area contributed by atoms with E-state index in [4.69, 9.17) is 28.4 Å². The Hall–Kier alpha value is -4.38. The van der Waals surface area contributed by atoms with Crippen LogP contribution in [0.2, 0.25) is 0 Å². The molecule has 3 fully saturated rings. The topological polar surface area (TPSA) is 231 Å². The quantitative estimate of drug-likeness (QED) is 0.168. The number of amides is 1. The summed E-state index contributed by atoms with van der Waals surface area (Å²) in [6, 6.07) is 7.81. The van der Waals surface area contributed by atoms with Gasteiger partial charge in [0.15, 0.2) is 23.6 Å². The van der Waals surface area contributed by atoms with Gasteiger partial charge in [-0.05, 0) is 57.9 Å². The monoisotopic (exact) mass is 773 g/mol. The molecule has 16 heteroatoms. The van der Waals surface area contributed by atoms with Gasteiger partial charge in [-0.2, -0.15) is 0 Å². The van der Waals surface area contributed by atoms with Crippen molar-refractivity contribution in [2.75, 3.05) is 13.2 Å². The maximum Gasteiger partial charge on any atom is 0.407 e. The number of hydrogen-bond donors (Lipinski definition) is 4. The Morgan fingerprint density at radius 2 is 1.64 bits per heavy atom. The van der Waals surface area contributed by atoms with Crippen molar-refractivity contribution in [3.05, 3.63) is 47.0 Å². The molecule has 3 aliphatic carbocycles. The number of rotatable bonds is 8. The van der Waals surface area contributed by atoms with Gasteiger partial charge in [0, 0.05) is 32.1 Å². The van der Waals surface area contributed by atoms with Crippen LogP contribution in [-0.2, 0) is 47.6 Å². The van der Waals surface area contributed by atoms with Crippen molar-refractivity contribution in [3.8, 4) is 0 Å². The third-order valence-electron chi connectivity index (χ3n) is 11.6. The maximum absolute atomic E-state index is 15.3. The number of ether oxygens (including phenoxy) is 6. The van der Waals surface area contributed by atoms with Gasteiger partial charge in [0.25, 0.3) is 0 Å². The summed E-state index contributed by atoms with van der Waals surface area (Å²) in [5.41, 5.74) is -8.38. The SMILES string of the molecule is CC(=O)O[C@H]1C(=O)[C@@]2(C)C([C@H](OC(=O)c3ccccc3)[C@]3(O)C[C@H](OC(=O)[C@H](O)CNC(=O)OC(C)(C)C)C(C)=C1C3(C)C)[C@]1(OC(C)=O)CO[C@@H]1C[C@@H]2O. The van der Waals surface area contributed by atoms with Crippen molar-refractivity contribution in [1.29, 1.82) is 0 Å². The first-order valence-corrected chi connectivity index (χ1v) is 18.2. The van der Waals surface area contributed by atoms with E-state index < -0.39 is 119 Å². The van der Waals surface area contributed by atoms with Crippen molar-refractivity contribution >= 4 is 35.8 Å². The standard InChI is InChI=1S/C39H51NO15/c1-19-24(52-33(47)23(43)17-40-34(48)55-35(4,5)6)16-39(49)31(53-32(46)22-13-11-10-12-14-22)29-37(9,25(44)15-26-38(29,18-50-26)54-21(3)42)30(45)28(51-20(2)41)27(19)36(39,7)8/h10-14,23-26,28-29,31,43-44,49H,15-18H2,1-9H3,(H,40,48)/t23-,24+,25+,26-,28-,29?,31+,37-,38+,39-/m1/s1. The highest BCUT2D eigenvalue weighted by Crippen LogP contribution is 2.64. The first-order valence-electron chi connectivity index (χ1n) is 18.2. The lowest BCUT2D eigenvalue weighted by molar-refractivity contribution is -0.346. The van der Waals surface area contributed by atoms with E-state index in [0.29, 0.717) is 0 Å². The summed E-state index contributed by atoms with van der Waals surface area (Å²) < 4.78 is 34.8. The van der Waals surface area contributed by atoms with E-state index in [0.717, 1.165) is 13.8 Å². The Morgan fingerprint density at radius 3 is 2.18 bits per heavy atom. The van der Waals surface area contributed by atoms with Crippen molar-refractivity contribution in [2.24, 2.45) is 16.7 Å². The normalized spacial score (nSPS) is 34.2. The third-order valence-corrected chi connectivity index (χ3v) is 11.6. The molecule has 1 aliphatic heterocycles. The molecule has 5 rings (SSSR count). The zero-order valence-corrected chi connectivity index (χ0v) is 32.5. The van der Waals surface area contributed by atoms with Crippen LogP contribution in [0.5, 0.6) is 0 Å². The predicted molar refractivity (Wildman–Crippen MR) is 189 cm³/mol. The van der Waals surface area contributed by atoms with Crippen LogP contribution < -0.4 is 5.32 Å². The highest BCUT2D eigenvalue weighted by molar-refractivity contribution is 5.95. The van der Waals surface area contributed by atoms with Crippen molar-refractivity contribution < 1.29 is 72.5 Å². The summed E-state index contributed by atoms with van der Waals surface area (Å²) in [6.07, 6.45) is -11.1. The van der Waals surface area contributed by atoms with Crippen LogP contribution in [0.4, 0.5) is 4.79 Å². The molecule has 10 atom stereocenters. The molecule has 1 aromatic rings. The highest BCUT2D eigenvalue weighted by atomic mass is 16.6. The summed E-state index contributed by atoms with van der Waals surface area (Å²) >= 11 is 0. The van der Waals surface area contributed by atoms with E-state index in [2.05, 4.69) is 5.32 Å². The van der Waals surface area contributed by atoms with Crippen LogP contribution in [0.3, 0.4) is 0 Å². The van der Waals surface area contributed by atoms with Gasteiger partial charge in [0.2, 0.25) is 0 Å². The molecule has 0 radical (unpaired) electrons. The molecule has 2 bridgehead atoms. The summed E-state index contributed by atoms with van der Waals surface area (Å²) in [5, 5.41) is 38.4. The largest absolute Gasteiger partial charge is 0.456 e. The molecule has 1 saturated heterocycles. The molecular formula is C39H51NO15. The summed E-state index contributed by atoms with van der Waals surface area (Å²) in [5.74, 6) is -6.21. The number of carbonyl (C=O) groups is 6. The number of esters is 4. The van der Waals surface area contributed by atoms with Crippen LogP contribution in [-0.4, -0.2) is 118 Å². The van der Waals surface area contributed by atoms with E-state index in [-0.39, 0.29) is 29.7 Å². The number of alkyl carbamates (subject to hydrolysis) is 1. The van der Waals surface area contributed by atoms with Gasteiger partial charge in [-0.15, -0.1) is 0 Å². The Morgan fingerprint density at radius 1 is 1.00 bits per heavy atom. The first kappa shape index (κ1) is 41.8. The second kappa shape index (κ2) is 14.6. The van der Waals surface area contributed by atoms with E-state index in [9.17, 15) is 39.3 Å². The van der Waals surface area contributed by atoms with Crippen molar-refractivity contribution in [2.45, 2.75) is 129 Å². The van der Waals surface area contributed by atoms with Crippen LogP contribution in [0.1, 0.15) is 85.5 Å². The Balaban J connectivity index is 1.70. The fourth-order valence-corrected chi connectivity index (χ4v) is 8.81. The van der Waals surface area contributed by atoms with Gasteiger partial charge in [-0.3, -0.25) is 14.4 Å². The molecule has 0 aromatic heterocycles. The lowest BCUT2D eigenvalue weighted by atomic mass is 9.44. The summed E-state index contributed by atoms with van der Waals surface area (Å²) in [6.45, 7) is 12.2. The Labute approximate surface area is 318 Å². The molecule has 55 heavy (non-hydrogen) atoms. The number of benzene rings is 1. The predicted octanol–water partition coefficient (Wildman–Crippen LogP) is 2.09. The number of aliphatic hydroxyl groups excluding tert-OH is 2. The average molecular weight is 774 g/mol. The average Bonchev–Trinajstić information content (AvgIpc) is 3.07. The molecule has 4 N–H and O–H groups in total. The van der Waals surface area contributed by atoms with Gasteiger partial charge in [-0.25, -0.2) is 14.4 Å². The van der Waals surface area contributed by atoms with Gasteiger partial charge in [0.05, 0.1) is 36.2 Å². The molecule has 16 nitrogen and oxygen atoms in total. The number of aliphatic hydroxyl groups is 3. The molecule has 0 spiro atoms. The summed E-state index contributed by atoms with van der Waals surface area (Å²) in [4.78, 5) is 80.6. The molecule has 1 heterocycles. The third kappa shape index (κ3) is 7.25. The Kier molecular flexibility index (Phi) is 11.1. The smallest absolute Gasteiger partial charge is 0.407 e. The second-order valence-electron chi connectivity index (χ2n) is 16.6. The van der Waals surface area contributed by atoms with Crippen LogP contribution in [0.15, 0.2) is 41.5 Å². The fourth-order valence-electron chi connectivity index (χ4n) is 8.81. The molecular weight excluding hydrogens is 722 g/mol. The number of nitrogens with one attached hydrogen (secondary N) is 1. The fraction of sp³-hybridized carbons (Fsp3) is 0.641. The number of carbonyl (C=O) groups excluding carboxylic acids is 6. The molecule has 1 unspecified atom stereocenters. The number of fused-ring (bicyclic) bond motifs is 5. The van der Waals surface area contributed by atoms with E-state index in [1.165, 1.54) is 26.0 Å². The lowest BCUT2D eigenvalue weighted by Crippen LogP contribution is -2.82. The minimum absolute atomic E-state index is 0.00164. The number of Topliss-reactive ketones (excluding diaryl/α,β-unsaturated/α-hetero) is 1. The molecule has 4 aliphatic rings. The van der Waals surface area contributed by atoms with E-state index in [1.807, 2.05) is 0 Å². The second-order valence-corrected chi connectivity index (χ2v) is 16.6.